The van der Waals surface area contributed by atoms with E-state index in [0.29, 0.717) is 18.7 Å². The summed E-state index contributed by atoms with van der Waals surface area (Å²) in [7, 11) is 0. The lowest BCUT2D eigenvalue weighted by molar-refractivity contribution is 0.228. The van der Waals surface area contributed by atoms with Crippen molar-refractivity contribution in [2.24, 2.45) is 5.73 Å². The molecular weight excluding hydrogens is 352 g/mol. The zero-order valence-corrected chi connectivity index (χ0v) is 16.4. The third-order valence-electron chi connectivity index (χ3n) is 5.83. The van der Waals surface area contributed by atoms with Gasteiger partial charge in [0.2, 0.25) is 0 Å². The first-order valence-corrected chi connectivity index (χ1v) is 10.3. The molecular formula is C21H30N6O. The number of nitrogens with one attached hydrogen (secondary N) is 2. The van der Waals surface area contributed by atoms with E-state index in [0.717, 1.165) is 44.2 Å². The van der Waals surface area contributed by atoms with E-state index in [1.165, 1.54) is 12.8 Å². The quantitative estimate of drug-likeness (QED) is 0.424. The molecule has 1 aliphatic heterocycles. The molecule has 7 nitrogen and oxygen atoms in total. The maximum atomic E-state index is 13.3. The molecule has 2 fully saturated rings. The van der Waals surface area contributed by atoms with Crippen molar-refractivity contribution in [1.29, 1.82) is 10.7 Å². The van der Waals surface area contributed by atoms with E-state index in [-0.39, 0.29) is 24.1 Å². The molecule has 0 spiro atoms. The number of carbonyl (C=O) groups excluding carboxylic acids is 1. The van der Waals surface area contributed by atoms with E-state index >= 15 is 0 Å². The molecule has 7 heteroatoms. The van der Waals surface area contributed by atoms with Gasteiger partial charge in [0.1, 0.15) is 0 Å². The van der Waals surface area contributed by atoms with Gasteiger partial charge in [0, 0.05) is 30.9 Å². The van der Waals surface area contributed by atoms with Crippen LogP contribution in [-0.2, 0) is 0 Å². The molecule has 0 atom stereocenters. The van der Waals surface area contributed by atoms with Crippen molar-refractivity contribution < 1.29 is 4.79 Å². The summed E-state index contributed by atoms with van der Waals surface area (Å²) < 4.78 is 0. The summed E-state index contributed by atoms with van der Waals surface area (Å²) in [6, 6.07) is 9.68. The fraction of sp³-hybridized carbons (Fsp3) is 0.571. The van der Waals surface area contributed by atoms with Crippen LogP contribution in [0.5, 0.6) is 0 Å². The maximum Gasteiger partial charge on any atom is 0.322 e. The highest BCUT2D eigenvalue weighted by atomic mass is 16.2. The predicted octanol–water partition coefficient (Wildman–Crippen LogP) is 3.15. The number of hydrogen-bond acceptors (Lipinski definition) is 3. The number of benzene rings is 1. The van der Waals surface area contributed by atoms with Crippen LogP contribution in [0.1, 0.15) is 56.9 Å². The fourth-order valence-corrected chi connectivity index (χ4v) is 4.24. The molecule has 1 aliphatic carbocycles. The van der Waals surface area contributed by atoms with Gasteiger partial charge in [-0.05, 0) is 43.9 Å². The minimum Gasteiger partial charge on any atom is -0.370 e. The van der Waals surface area contributed by atoms with E-state index in [9.17, 15) is 10.1 Å². The van der Waals surface area contributed by atoms with Gasteiger partial charge in [-0.15, -0.1) is 0 Å². The first kappa shape index (κ1) is 20.0. The average molecular weight is 383 g/mol. The van der Waals surface area contributed by atoms with Crippen molar-refractivity contribution in [2.45, 2.75) is 63.5 Å². The third kappa shape index (κ3) is 4.94. The Hall–Kier alpha value is -2.75. The SMILES string of the molecule is N#Cc1cccc(N(C(=O)NC2CCN(C(=N)N)CC2)C2CCCCCC2)c1. The molecule has 1 saturated heterocycles. The number of nitriles is 1. The summed E-state index contributed by atoms with van der Waals surface area (Å²) in [6.07, 6.45) is 8.23. The molecule has 4 N–H and O–H groups in total. The summed E-state index contributed by atoms with van der Waals surface area (Å²) in [6.45, 7) is 1.38. The van der Waals surface area contributed by atoms with Gasteiger partial charge in [-0.25, -0.2) is 4.79 Å². The number of rotatable bonds is 3. The highest BCUT2D eigenvalue weighted by Gasteiger charge is 2.29. The molecule has 150 valence electrons. The molecule has 0 radical (unpaired) electrons. The average Bonchev–Trinajstić information content (AvgIpc) is 2.98. The Morgan fingerprint density at radius 2 is 1.86 bits per heavy atom. The minimum atomic E-state index is -0.0803. The monoisotopic (exact) mass is 382 g/mol. The van der Waals surface area contributed by atoms with Gasteiger partial charge < -0.3 is 16.0 Å². The summed E-state index contributed by atoms with van der Waals surface area (Å²) in [5.74, 6) is 0.0955. The van der Waals surface area contributed by atoms with Crippen LogP contribution in [0.15, 0.2) is 24.3 Å². The molecule has 1 aromatic carbocycles. The Morgan fingerprint density at radius 1 is 1.18 bits per heavy atom. The highest BCUT2D eigenvalue weighted by molar-refractivity contribution is 5.93. The van der Waals surface area contributed by atoms with Crippen molar-refractivity contribution in [2.75, 3.05) is 18.0 Å². The van der Waals surface area contributed by atoms with E-state index in [1.54, 1.807) is 6.07 Å². The van der Waals surface area contributed by atoms with E-state index in [4.69, 9.17) is 11.1 Å². The molecule has 1 aromatic rings. The second-order valence-electron chi connectivity index (χ2n) is 7.77. The zero-order chi connectivity index (χ0) is 19.9. The van der Waals surface area contributed by atoms with Gasteiger partial charge in [-0.2, -0.15) is 5.26 Å². The Morgan fingerprint density at radius 3 is 2.46 bits per heavy atom. The highest BCUT2D eigenvalue weighted by Crippen LogP contribution is 2.28. The van der Waals surface area contributed by atoms with Crippen molar-refractivity contribution in [3.63, 3.8) is 0 Å². The Kier molecular flexibility index (Phi) is 6.75. The first-order valence-electron chi connectivity index (χ1n) is 10.3. The summed E-state index contributed by atoms with van der Waals surface area (Å²) >= 11 is 0. The molecule has 28 heavy (non-hydrogen) atoms. The van der Waals surface area contributed by atoms with Crippen LogP contribution in [0, 0.1) is 16.7 Å². The number of nitrogens with zero attached hydrogens (tertiary/aromatic N) is 3. The number of amides is 2. The van der Waals surface area contributed by atoms with Crippen LogP contribution >= 0.6 is 0 Å². The van der Waals surface area contributed by atoms with Gasteiger partial charge >= 0.3 is 6.03 Å². The molecule has 0 aromatic heterocycles. The Balaban J connectivity index is 1.75. The van der Waals surface area contributed by atoms with E-state index < -0.39 is 0 Å². The molecule has 2 amide bonds. The smallest absolute Gasteiger partial charge is 0.322 e. The molecule has 0 unspecified atom stereocenters. The largest absolute Gasteiger partial charge is 0.370 e. The summed E-state index contributed by atoms with van der Waals surface area (Å²) in [5, 5.41) is 20.0. The number of hydrogen-bond donors (Lipinski definition) is 3. The maximum absolute atomic E-state index is 13.3. The molecule has 1 heterocycles. The lowest BCUT2D eigenvalue weighted by Gasteiger charge is -2.36. The lowest BCUT2D eigenvalue weighted by Crippen LogP contribution is -2.53. The zero-order valence-electron chi connectivity index (χ0n) is 16.4. The standard InChI is InChI=1S/C21H30N6O/c22-15-16-6-5-9-19(14-16)27(18-7-3-1-2-4-8-18)21(28)25-17-10-12-26(13-11-17)20(23)24/h5-6,9,14,17-18H,1-4,7-8,10-13H2,(H3,23,24)(H,25,28). The molecule has 0 bridgehead atoms. The first-order chi connectivity index (χ1) is 13.6. The van der Waals surface area contributed by atoms with Crippen LogP contribution in [0.4, 0.5) is 10.5 Å². The predicted molar refractivity (Wildman–Crippen MR) is 110 cm³/mol. The van der Waals surface area contributed by atoms with Crippen molar-refractivity contribution in [3.8, 4) is 6.07 Å². The summed E-state index contributed by atoms with van der Waals surface area (Å²) in [4.78, 5) is 17.0. The minimum absolute atomic E-state index is 0.0792. The fourth-order valence-electron chi connectivity index (χ4n) is 4.24. The molecule has 1 saturated carbocycles. The second-order valence-corrected chi connectivity index (χ2v) is 7.77. The van der Waals surface area contributed by atoms with Gasteiger partial charge in [0.05, 0.1) is 11.6 Å². The van der Waals surface area contributed by atoms with Gasteiger partial charge in [0.25, 0.3) is 0 Å². The van der Waals surface area contributed by atoms with Gasteiger partial charge in [-0.3, -0.25) is 10.3 Å². The Bertz CT molecular complexity index is 727. The number of carbonyl (C=O) groups is 1. The van der Waals surface area contributed by atoms with E-state index in [1.807, 2.05) is 28.0 Å². The number of anilines is 1. The van der Waals surface area contributed by atoms with Gasteiger partial charge in [-0.1, -0.05) is 31.7 Å². The second kappa shape index (κ2) is 9.45. The number of urea groups is 1. The third-order valence-corrected chi connectivity index (χ3v) is 5.83. The number of piperidine rings is 1. The number of likely N-dealkylation sites (tertiary alicyclic amines) is 1. The number of nitrogens with two attached hydrogens (primary N) is 1. The van der Waals surface area contributed by atoms with Crippen molar-refractivity contribution in [3.05, 3.63) is 29.8 Å². The van der Waals surface area contributed by atoms with Crippen LogP contribution < -0.4 is 16.0 Å². The van der Waals surface area contributed by atoms with E-state index in [2.05, 4.69) is 11.4 Å². The molecule has 2 aliphatic rings. The van der Waals surface area contributed by atoms with Crippen LogP contribution in [0.3, 0.4) is 0 Å². The summed E-state index contributed by atoms with van der Waals surface area (Å²) in [5.41, 5.74) is 6.93. The van der Waals surface area contributed by atoms with Crippen LogP contribution in [-0.4, -0.2) is 42.1 Å². The van der Waals surface area contributed by atoms with Crippen molar-refractivity contribution in [1.82, 2.24) is 10.2 Å². The van der Waals surface area contributed by atoms with Crippen LogP contribution in [0.2, 0.25) is 0 Å². The van der Waals surface area contributed by atoms with Crippen LogP contribution in [0.25, 0.3) is 0 Å². The molecule has 3 rings (SSSR count). The lowest BCUT2D eigenvalue weighted by atomic mass is 10.0. The Labute approximate surface area is 167 Å². The topological polar surface area (TPSA) is 109 Å². The van der Waals surface area contributed by atoms with Gasteiger partial charge in [0.15, 0.2) is 5.96 Å². The number of guanidine groups is 1. The van der Waals surface area contributed by atoms with Crippen molar-refractivity contribution >= 4 is 17.7 Å². The normalized spacial score (nSPS) is 18.8.